The van der Waals surface area contributed by atoms with Crippen molar-refractivity contribution in [2.75, 3.05) is 110 Å². The van der Waals surface area contributed by atoms with Crippen LogP contribution in [0, 0.1) is 0 Å². The molecule has 6 amide bonds. The summed E-state index contributed by atoms with van der Waals surface area (Å²) in [6, 6.07) is 21.2. The fraction of sp³-hybridized carbons (Fsp3) is 0.415. The van der Waals surface area contributed by atoms with Gasteiger partial charge in [-0.1, -0.05) is 30.3 Å². The fourth-order valence-corrected chi connectivity index (χ4v) is 10.4. The molecule has 9 rings (SSSR count). The summed E-state index contributed by atoms with van der Waals surface area (Å²) in [5.74, 6) is 0.0288. The number of hydrogen-bond acceptors (Lipinski definition) is 17. The second-order valence-corrected chi connectivity index (χ2v) is 19.4. The minimum absolute atomic E-state index is 0.0314. The lowest BCUT2D eigenvalue weighted by Crippen LogP contribution is -2.54. The molecule has 0 radical (unpaired) electrons. The molecule has 0 bridgehead atoms. The number of carbonyl (C=O) groups excluding carboxylic acids is 6. The van der Waals surface area contributed by atoms with Crippen LogP contribution < -0.4 is 15.8 Å². The van der Waals surface area contributed by atoms with Crippen LogP contribution in [-0.2, 0) is 38.1 Å². The SMILES string of the molecule is Nc1ncnc2c1c(-c1ccc(Oc3ccccc3)cc1)nn2[C@@H]1CCCN(C(=O)/C=C/CN2CCN(C(=O)COCCOCCOCCOCCSc3cccc4c3C(=O)N(C3CCC(=O)NC3=O)C4=O)CC2)C1. The third kappa shape index (κ3) is 13.1. The molecule has 22 heteroatoms. The topological polar surface area (TPSA) is 243 Å². The first kappa shape index (κ1) is 52.8. The maximum Gasteiger partial charge on any atom is 0.263 e. The molecule has 75 heavy (non-hydrogen) atoms. The van der Waals surface area contributed by atoms with Gasteiger partial charge >= 0.3 is 0 Å². The third-order valence-corrected chi connectivity index (χ3v) is 14.3. The number of hydrogen-bond donors (Lipinski definition) is 2. The van der Waals surface area contributed by atoms with Gasteiger partial charge in [0, 0.05) is 74.5 Å². The highest BCUT2D eigenvalue weighted by Gasteiger charge is 2.45. The summed E-state index contributed by atoms with van der Waals surface area (Å²) in [5.41, 5.74) is 9.07. The molecule has 0 saturated carbocycles. The van der Waals surface area contributed by atoms with Gasteiger partial charge in [-0.3, -0.25) is 43.9 Å². The molecule has 3 fully saturated rings. The van der Waals surface area contributed by atoms with Gasteiger partial charge in [-0.05, 0) is 67.8 Å². The molecule has 2 aromatic heterocycles. The number of para-hydroxylation sites is 1. The van der Waals surface area contributed by atoms with Gasteiger partial charge in [0.15, 0.2) is 5.65 Å². The van der Waals surface area contributed by atoms with Crippen LogP contribution in [-0.4, -0.2) is 185 Å². The van der Waals surface area contributed by atoms with E-state index in [2.05, 4.69) is 20.2 Å². The third-order valence-electron chi connectivity index (χ3n) is 13.3. The Kier molecular flexibility index (Phi) is 17.9. The Morgan fingerprint density at radius 3 is 2.23 bits per heavy atom. The van der Waals surface area contributed by atoms with Gasteiger partial charge in [-0.15, -0.1) is 11.8 Å². The van der Waals surface area contributed by atoms with E-state index in [1.807, 2.05) is 70.3 Å². The van der Waals surface area contributed by atoms with Crippen LogP contribution in [0.1, 0.15) is 52.4 Å². The summed E-state index contributed by atoms with van der Waals surface area (Å²) in [6.45, 7) is 6.58. The number of amides is 6. The number of benzene rings is 3. The van der Waals surface area contributed by atoms with Gasteiger partial charge in [0.25, 0.3) is 11.8 Å². The number of thioether (sulfide) groups is 1. The number of carbonyl (C=O) groups is 6. The number of anilines is 1. The lowest BCUT2D eigenvalue weighted by atomic mass is 10.0. The molecule has 3 N–H and O–H groups in total. The highest BCUT2D eigenvalue weighted by Crippen LogP contribution is 2.36. The number of piperidine rings is 2. The molecule has 6 heterocycles. The van der Waals surface area contributed by atoms with Crippen LogP contribution in [0.4, 0.5) is 5.82 Å². The van der Waals surface area contributed by atoms with Gasteiger partial charge in [0.05, 0.1) is 68.8 Å². The summed E-state index contributed by atoms with van der Waals surface area (Å²) < 4.78 is 30.3. The number of fused-ring (bicyclic) bond motifs is 2. The first-order valence-corrected chi connectivity index (χ1v) is 26.2. The largest absolute Gasteiger partial charge is 0.457 e. The molecule has 1 unspecified atom stereocenters. The molecule has 4 aliphatic rings. The molecule has 4 aliphatic heterocycles. The zero-order valence-corrected chi connectivity index (χ0v) is 42.3. The van der Waals surface area contributed by atoms with Gasteiger partial charge in [0.2, 0.25) is 23.6 Å². The minimum Gasteiger partial charge on any atom is -0.457 e. The van der Waals surface area contributed by atoms with Gasteiger partial charge in [-0.25, -0.2) is 14.6 Å². The number of piperazine rings is 1. The van der Waals surface area contributed by atoms with E-state index in [0.717, 1.165) is 29.1 Å². The van der Waals surface area contributed by atoms with Crippen molar-refractivity contribution in [1.29, 1.82) is 0 Å². The smallest absolute Gasteiger partial charge is 0.263 e. The number of imide groups is 2. The van der Waals surface area contributed by atoms with Gasteiger partial charge in [-0.2, -0.15) is 5.10 Å². The normalized spacial score (nSPS) is 18.3. The van der Waals surface area contributed by atoms with E-state index in [-0.39, 0.29) is 55.0 Å². The molecular formula is C53H60N10O11S. The van der Waals surface area contributed by atoms with Crippen LogP contribution >= 0.6 is 11.8 Å². The Hall–Kier alpha value is -7.08. The number of nitrogens with zero attached hydrogens (tertiary/aromatic N) is 8. The van der Waals surface area contributed by atoms with Crippen molar-refractivity contribution in [3.8, 4) is 22.8 Å². The predicted octanol–water partition coefficient (Wildman–Crippen LogP) is 3.99. The van der Waals surface area contributed by atoms with Crippen LogP contribution in [0.5, 0.6) is 11.5 Å². The molecule has 0 aliphatic carbocycles. The van der Waals surface area contributed by atoms with Crippen LogP contribution in [0.25, 0.3) is 22.3 Å². The number of rotatable bonds is 23. The highest BCUT2D eigenvalue weighted by molar-refractivity contribution is 7.99. The Morgan fingerprint density at radius 2 is 1.48 bits per heavy atom. The summed E-state index contributed by atoms with van der Waals surface area (Å²) in [4.78, 5) is 92.9. The zero-order chi connectivity index (χ0) is 52.1. The Labute approximate surface area is 437 Å². The van der Waals surface area contributed by atoms with E-state index in [4.69, 9.17) is 34.5 Å². The molecule has 394 valence electrons. The van der Waals surface area contributed by atoms with Crippen LogP contribution in [0.15, 0.2) is 96.2 Å². The summed E-state index contributed by atoms with van der Waals surface area (Å²) in [6.07, 6.45) is 6.78. The van der Waals surface area contributed by atoms with E-state index in [1.54, 1.807) is 29.2 Å². The summed E-state index contributed by atoms with van der Waals surface area (Å²) in [5, 5.41) is 7.91. The quantitative estimate of drug-likeness (QED) is 0.0407. The molecule has 3 aromatic carbocycles. The Morgan fingerprint density at radius 1 is 0.760 bits per heavy atom. The van der Waals surface area contributed by atoms with Crippen molar-refractivity contribution in [3.63, 3.8) is 0 Å². The number of aromatic nitrogens is 4. The Bertz CT molecular complexity index is 2880. The second kappa shape index (κ2) is 25.4. The molecular weight excluding hydrogens is 985 g/mol. The second-order valence-electron chi connectivity index (χ2n) is 18.2. The number of nitrogens with two attached hydrogens (primary N) is 1. The average Bonchev–Trinajstić information content (AvgIpc) is 3.98. The average molecular weight is 1050 g/mol. The zero-order valence-electron chi connectivity index (χ0n) is 41.5. The molecule has 2 atom stereocenters. The lowest BCUT2D eigenvalue weighted by Gasteiger charge is -2.34. The van der Waals surface area contributed by atoms with E-state index in [1.165, 1.54) is 18.1 Å². The van der Waals surface area contributed by atoms with Gasteiger partial charge < -0.3 is 39.2 Å². The van der Waals surface area contributed by atoms with Crippen molar-refractivity contribution < 1.29 is 52.5 Å². The first-order valence-electron chi connectivity index (χ1n) is 25.2. The molecule has 3 saturated heterocycles. The fourth-order valence-electron chi connectivity index (χ4n) is 9.43. The number of ether oxygens (including phenoxy) is 5. The summed E-state index contributed by atoms with van der Waals surface area (Å²) >= 11 is 1.38. The van der Waals surface area contributed by atoms with Crippen molar-refractivity contribution in [2.45, 2.75) is 42.7 Å². The van der Waals surface area contributed by atoms with Crippen LogP contribution in [0.3, 0.4) is 0 Å². The summed E-state index contributed by atoms with van der Waals surface area (Å²) in [7, 11) is 0. The van der Waals surface area contributed by atoms with Crippen molar-refractivity contribution in [3.05, 3.63) is 102 Å². The van der Waals surface area contributed by atoms with E-state index in [9.17, 15) is 28.8 Å². The maximum atomic E-state index is 13.5. The number of nitrogens with one attached hydrogen (secondary N) is 1. The standard InChI is InChI=1S/C53H60N10O11S/c54-49-47-48(36-13-15-39(16-14-36)74-38-8-2-1-3-9-38)58-63(50(47)56-35-55-49)37-7-5-20-61(33-37)44(65)12-6-19-59-21-23-60(24-22-59)45(66)34-73-30-29-71-26-25-70-27-28-72-31-32-75-42-11-4-10-40-46(42)53(69)62(52(40)68)41-17-18-43(64)57-51(41)67/h1-4,6,8-16,35,37,41H,5,7,17-34H2,(H2,54,55,56)(H,57,64,67)/b12-6+/t37-,41?/m1/s1. The van der Waals surface area contributed by atoms with E-state index in [0.29, 0.717) is 124 Å². The van der Waals surface area contributed by atoms with Crippen LogP contribution in [0.2, 0.25) is 0 Å². The van der Waals surface area contributed by atoms with E-state index < -0.39 is 29.7 Å². The molecule has 0 spiro atoms. The molecule has 21 nitrogen and oxygen atoms in total. The van der Waals surface area contributed by atoms with E-state index >= 15 is 0 Å². The molecule has 5 aromatic rings. The lowest BCUT2D eigenvalue weighted by molar-refractivity contribution is -0.138. The van der Waals surface area contributed by atoms with Crippen molar-refractivity contribution in [1.82, 2.24) is 44.7 Å². The minimum atomic E-state index is -1.01. The maximum absolute atomic E-state index is 13.5. The number of likely N-dealkylation sites (tertiary alicyclic amines) is 1. The van der Waals surface area contributed by atoms with Gasteiger partial charge in [0.1, 0.15) is 42.0 Å². The van der Waals surface area contributed by atoms with Crippen molar-refractivity contribution in [2.24, 2.45) is 0 Å². The first-order chi connectivity index (χ1) is 36.6. The highest BCUT2D eigenvalue weighted by atomic mass is 32.2. The Balaban J connectivity index is 0.607. The number of nitrogen functional groups attached to an aromatic ring is 1. The monoisotopic (exact) mass is 1040 g/mol. The predicted molar refractivity (Wildman–Crippen MR) is 276 cm³/mol. The van der Waals surface area contributed by atoms with Crippen molar-refractivity contribution >= 4 is 64.1 Å².